The lowest BCUT2D eigenvalue weighted by molar-refractivity contribution is -0.150. The number of rotatable bonds is 10. The van der Waals surface area contributed by atoms with Crippen LogP contribution in [0.3, 0.4) is 0 Å². The third kappa shape index (κ3) is 9.59. The summed E-state index contributed by atoms with van der Waals surface area (Å²) in [4.78, 5) is 40.8. The van der Waals surface area contributed by atoms with E-state index in [1.807, 2.05) is 0 Å². The molecule has 0 aliphatic rings. The molecule has 0 bridgehead atoms. The third-order valence-corrected chi connectivity index (χ3v) is 2.94. The molecule has 1 aromatic heterocycles. The fourth-order valence-electron chi connectivity index (χ4n) is 1.85. The molecule has 1 heterocycles. The summed E-state index contributed by atoms with van der Waals surface area (Å²) < 4.78 is 14.8. The smallest absolute Gasteiger partial charge is 0.407 e. The van der Waals surface area contributed by atoms with E-state index in [0.717, 1.165) is 5.06 Å². The van der Waals surface area contributed by atoms with E-state index < -0.39 is 23.6 Å². The summed E-state index contributed by atoms with van der Waals surface area (Å²) in [5, 5.41) is 7.09. The first-order valence-corrected chi connectivity index (χ1v) is 8.71. The molecule has 0 fully saturated rings. The van der Waals surface area contributed by atoms with Crippen LogP contribution >= 0.6 is 0 Å². The van der Waals surface area contributed by atoms with Crippen LogP contribution in [0, 0.1) is 0 Å². The summed E-state index contributed by atoms with van der Waals surface area (Å²) >= 11 is 0. The number of hydrogen-bond acceptors (Lipinski definition) is 8. The maximum atomic E-state index is 12.3. The molecule has 1 N–H and O–H groups in total. The van der Waals surface area contributed by atoms with Gasteiger partial charge in [-0.2, -0.15) is 0 Å². The zero-order valence-corrected chi connectivity index (χ0v) is 16.1. The van der Waals surface area contributed by atoms with Gasteiger partial charge in [-0.1, -0.05) is 5.16 Å². The Hall–Kier alpha value is -2.62. The second-order valence-electron chi connectivity index (χ2n) is 6.45. The Kier molecular flexibility index (Phi) is 9.27. The minimum absolute atomic E-state index is 0.00212. The van der Waals surface area contributed by atoms with E-state index >= 15 is 0 Å². The first kappa shape index (κ1) is 22.4. The van der Waals surface area contributed by atoms with E-state index in [9.17, 15) is 14.4 Å². The number of hydrogen-bond donors (Lipinski definition) is 1. The zero-order chi connectivity index (χ0) is 20.3. The highest BCUT2D eigenvalue weighted by atomic mass is 16.7. The molecule has 0 aliphatic carbocycles. The predicted octanol–water partition coefficient (Wildman–Crippen LogP) is 1.92. The number of esters is 1. The van der Waals surface area contributed by atoms with E-state index in [1.54, 1.807) is 27.7 Å². The molecule has 0 aromatic carbocycles. The van der Waals surface area contributed by atoms with Crippen molar-refractivity contribution in [1.82, 2.24) is 15.5 Å². The Morgan fingerprint density at radius 2 is 2.04 bits per heavy atom. The standard InChI is InChI=1S/C17H27N3O7/c1-5-24-14(21)8-11-20(15(22)13-7-10-19-27-13)25-12-6-9-18-16(23)26-17(2,3)4/h7,10H,5-6,8-9,11-12H2,1-4H3,(H,18,23). The first-order valence-electron chi connectivity index (χ1n) is 8.71. The Morgan fingerprint density at radius 1 is 1.30 bits per heavy atom. The van der Waals surface area contributed by atoms with Gasteiger partial charge in [0.05, 0.1) is 32.4 Å². The van der Waals surface area contributed by atoms with Crippen LogP contribution in [0.1, 0.15) is 51.1 Å². The molecule has 0 saturated heterocycles. The van der Waals surface area contributed by atoms with Gasteiger partial charge in [0, 0.05) is 12.6 Å². The lowest BCUT2D eigenvalue weighted by atomic mass is 10.2. The Balaban J connectivity index is 2.43. The minimum Gasteiger partial charge on any atom is -0.466 e. The van der Waals surface area contributed by atoms with Crippen molar-refractivity contribution < 1.29 is 33.2 Å². The van der Waals surface area contributed by atoms with Crippen LogP contribution in [0.15, 0.2) is 16.8 Å². The van der Waals surface area contributed by atoms with Crippen molar-refractivity contribution in [2.75, 3.05) is 26.3 Å². The zero-order valence-electron chi connectivity index (χ0n) is 16.1. The summed E-state index contributed by atoms with van der Waals surface area (Å²) in [5.41, 5.74) is -0.575. The van der Waals surface area contributed by atoms with Gasteiger partial charge in [0.25, 0.3) is 0 Å². The van der Waals surface area contributed by atoms with E-state index in [1.165, 1.54) is 12.3 Å². The molecule has 0 atom stereocenters. The quantitative estimate of drug-likeness (QED) is 0.368. The van der Waals surface area contributed by atoms with E-state index in [0.29, 0.717) is 13.0 Å². The second-order valence-corrected chi connectivity index (χ2v) is 6.45. The van der Waals surface area contributed by atoms with Crippen LogP contribution < -0.4 is 5.32 Å². The fraction of sp³-hybridized carbons (Fsp3) is 0.647. The summed E-state index contributed by atoms with van der Waals surface area (Å²) in [7, 11) is 0. The summed E-state index contributed by atoms with van der Waals surface area (Å²) in [6, 6.07) is 1.40. The van der Waals surface area contributed by atoms with Gasteiger partial charge in [0.1, 0.15) is 5.60 Å². The van der Waals surface area contributed by atoms with Crippen LogP contribution in [-0.4, -0.2) is 60.1 Å². The van der Waals surface area contributed by atoms with Crippen LogP contribution in [0.25, 0.3) is 0 Å². The van der Waals surface area contributed by atoms with Crippen molar-refractivity contribution in [3.05, 3.63) is 18.0 Å². The van der Waals surface area contributed by atoms with Gasteiger partial charge in [-0.25, -0.2) is 9.86 Å². The first-order chi connectivity index (χ1) is 12.7. The summed E-state index contributed by atoms with van der Waals surface area (Å²) in [5.74, 6) is -1.01. The fourth-order valence-corrected chi connectivity index (χ4v) is 1.85. The maximum Gasteiger partial charge on any atom is 0.407 e. The number of nitrogens with one attached hydrogen (secondary N) is 1. The number of carbonyl (C=O) groups is 3. The van der Waals surface area contributed by atoms with E-state index in [4.69, 9.17) is 18.8 Å². The van der Waals surface area contributed by atoms with Gasteiger partial charge in [-0.05, 0) is 34.1 Å². The summed E-state index contributed by atoms with van der Waals surface area (Å²) in [6.45, 7) is 7.70. The SMILES string of the molecule is CCOC(=O)CCN(OCCCNC(=O)OC(C)(C)C)C(=O)c1ccno1. The van der Waals surface area contributed by atoms with Gasteiger partial charge in [0.2, 0.25) is 5.76 Å². The number of nitrogens with zero attached hydrogens (tertiary/aromatic N) is 2. The van der Waals surface area contributed by atoms with Crippen molar-refractivity contribution in [3.63, 3.8) is 0 Å². The van der Waals surface area contributed by atoms with Gasteiger partial charge in [-0.15, -0.1) is 0 Å². The minimum atomic E-state index is -0.575. The predicted molar refractivity (Wildman–Crippen MR) is 93.6 cm³/mol. The number of aromatic nitrogens is 1. The largest absolute Gasteiger partial charge is 0.466 e. The van der Waals surface area contributed by atoms with Crippen LogP contribution in [0.5, 0.6) is 0 Å². The highest BCUT2D eigenvalue weighted by Gasteiger charge is 2.21. The lowest BCUT2D eigenvalue weighted by Gasteiger charge is -2.21. The van der Waals surface area contributed by atoms with Gasteiger partial charge < -0.3 is 19.3 Å². The summed E-state index contributed by atoms with van der Waals surface area (Å²) in [6.07, 6.45) is 1.21. The van der Waals surface area contributed by atoms with Crippen LogP contribution in [0.2, 0.25) is 0 Å². The number of amides is 2. The topological polar surface area (TPSA) is 120 Å². The highest BCUT2D eigenvalue weighted by molar-refractivity contribution is 5.90. The normalized spacial score (nSPS) is 11.0. The molecule has 27 heavy (non-hydrogen) atoms. The van der Waals surface area contributed by atoms with Gasteiger partial charge in [-0.3, -0.25) is 14.4 Å². The molecule has 0 radical (unpaired) electrons. The van der Waals surface area contributed by atoms with Gasteiger partial charge >= 0.3 is 18.0 Å². The van der Waals surface area contributed by atoms with Crippen molar-refractivity contribution in [1.29, 1.82) is 0 Å². The molecular weight excluding hydrogens is 358 g/mol. The molecule has 1 aromatic rings. The average molecular weight is 385 g/mol. The Labute approximate surface area is 158 Å². The lowest BCUT2D eigenvalue weighted by Crippen LogP contribution is -2.35. The number of hydroxylamine groups is 2. The third-order valence-electron chi connectivity index (χ3n) is 2.94. The molecule has 152 valence electrons. The molecule has 0 saturated carbocycles. The number of alkyl carbamates (subject to hydrolysis) is 1. The van der Waals surface area contributed by atoms with Crippen molar-refractivity contribution in [3.8, 4) is 0 Å². The molecule has 10 nitrogen and oxygen atoms in total. The van der Waals surface area contributed by atoms with Crippen molar-refractivity contribution >= 4 is 18.0 Å². The Bertz CT molecular complexity index is 596. The molecule has 2 amide bonds. The van der Waals surface area contributed by atoms with Crippen LogP contribution in [-0.2, 0) is 19.1 Å². The van der Waals surface area contributed by atoms with Crippen molar-refractivity contribution in [2.24, 2.45) is 0 Å². The molecule has 10 heteroatoms. The Morgan fingerprint density at radius 3 is 2.63 bits per heavy atom. The molecule has 0 aliphatic heterocycles. The van der Waals surface area contributed by atoms with Crippen molar-refractivity contribution in [2.45, 2.75) is 46.1 Å². The van der Waals surface area contributed by atoms with Gasteiger partial charge in [0.15, 0.2) is 0 Å². The molecule has 0 unspecified atom stereocenters. The molecular formula is C17H27N3O7. The van der Waals surface area contributed by atoms with Crippen LogP contribution in [0.4, 0.5) is 4.79 Å². The van der Waals surface area contributed by atoms with E-state index in [-0.39, 0.29) is 31.9 Å². The van der Waals surface area contributed by atoms with E-state index in [2.05, 4.69) is 10.5 Å². The average Bonchev–Trinajstić information content (AvgIpc) is 3.09. The maximum absolute atomic E-state index is 12.3. The molecule has 1 rings (SSSR count). The number of carbonyl (C=O) groups excluding carboxylic acids is 3. The monoisotopic (exact) mass is 385 g/mol. The molecule has 0 spiro atoms. The number of ether oxygens (including phenoxy) is 2. The second kappa shape index (κ2) is 11.2. The highest BCUT2D eigenvalue weighted by Crippen LogP contribution is 2.08.